The van der Waals surface area contributed by atoms with Crippen LogP contribution in [0.4, 0.5) is 0 Å². The molecule has 13 nitrogen and oxygen atoms in total. The van der Waals surface area contributed by atoms with Gasteiger partial charge in [0.15, 0.2) is 62.0 Å². The molecule has 2 saturated heterocycles. The van der Waals surface area contributed by atoms with E-state index in [1.807, 2.05) is 0 Å². The third kappa shape index (κ3) is 18.1. The van der Waals surface area contributed by atoms with E-state index in [1.54, 1.807) is 0 Å². The molecule has 2 fully saturated rings. The van der Waals surface area contributed by atoms with Crippen LogP contribution in [0.15, 0.2) is 12.8 Å². The van der Waals surface area contributed by atoms with Crippen molar-refractivity contribution < 1.29 is 55.1 Å². The Balaban J connectivity index is 2.97. The fourth-order valence-corrected chi connectivity index (χ4v) is 12.7. The third-order valence-electron chi connectivity index (χ3n) is 8.20. The number of ketones is 1. The zero-order valence-electron chi connectivity index (χ0n) is 38.4. The van der Waals surface area contributed by atoms with Crippen molar-refractivity contribution in [3.05, 3.63) is 12.8 Å². The molecule has 0 spiro atoms. The quantitative estimate of drug-likeness (QED) is 0.0930. The Bertz CT molecular complexity index is 1290. The Kier molecular flexibility index (Phi) is 18.5. The highest BCUT2D eigenvalue weighted by atomic mass is 28.4. The summed E-state index contributed by atoms with van der Waals surface area (Å²) in [6.45, 7) is 45.1. The van der Waals surface area contributed by atoms with E-state index in [4.69, 9.17) is 45.5 Å². The number of esters is 1. The maximum absolute atomic E-state index is 13.3. The average Bonchev–Trinajstić information content (AvgIpc) is 2.95. The number of carbonyl (C=O) groups is 2. The van der Waals surface area contributed by atoms with Crippen molar-refractivity contribution in [2.75, 3.05) is 13.2 Å². The van der Waals surface area contributed by atoms with Crippen LogP contribution in [0.25, 0.3) is 0 Å². The van der Waals surface area contributed by atoms with Crippen molar-refractivity contribution in [3.8, 4) is 0 Å². The van der Waals surface area contributed by atoms with Crippen LogP contribution in [0.1, 0.15) is 13.8 Å². The zero-order chi connectivity index (χ0) is 43.4. The summed E-state index contributed by atoms with van der Waals surface area (Å²) < 4.78 is 68.7. The summed E-state index contributed by atoms with van der Waals surface area (Å²) in [5.41, 5.74) is 0. The van der Waals surface area contributed by atoms with E-state index >= 15 is 0 Å². The third-order valence-corrected chi connectivity index (χ3v) is 14.1. The fourth-order valence-electron chi connectivity index (χ4n) is 6.60. The first-order chi connectivity index (χ1) is 25.1. The van der Waals surface area contributed by atoms with E-state index < -0.39 is 123 Å². The molecule has 0 radical (unpaired) electrons. The van der Waals surface area contributed by atoms with E-state index in [2.05, 4.69) is 130 Å². The molecular weight excluding hydrogens is 819 g/mol. The number of hydrogen-bond acceptors (Lipinski definition) is 13. The van der Waals surface area contributed by atoms with Gasteiger partial charge in [0, 0.05) is 6.92 Å². The lowest BCUT2D eigenvalue weighted by atomic mass is 9.89. The van der Waals surface area contributed by atoms with Gasteiger partial charge in [-0.15, -0.1) is 0 Å². The Morgan fingerprint density at radius 2 is 0.982 bits per heavy atom. The van der Waals surface area contributed by atoms with Gasteiger partial charge in [-0.1, -0.05) is 6.58 Å². The van der Waals surface area contributed by atoms with Crippen LogP contribution in [0.2, 0.25) is 118 Å². The van der Waals surface area contributed by atoms with Crippen LogP contribution < -0.4 is 5.32 Å². The lowest BCUT2D eigenvalue weighted by molar-refractivity contribution is -0.334. The molecule has 0 bridgehead atoms. The summed E-state index contributed by atoms with van der Waals surface area (Å²) in [5.74, 6) is -0.554. The minimum absolute atomic E-state index is 0.0648. The van der Waals surface area contributed by atoms with E-state index in [1.165, 1.54) is 20.0 Å². The molecule has 2 heterocycles. The van der Waals surface area contributed by atoms with Gasteiger partial charge in [0.25, 0.3) is 0 Å². The van der Waals surface area contributed by atoms with Crippen molar-refractivity contribution in [2.45, 2.75) is 199 Å². The van der Waals surface area contributed by atoms with Gasteiger partial charge in [0.2, 0.25) is 0 Å². The lowest BCUT2D eigenvalue weighted by Crippen LogP contribution is -2.71. The van der Waals surface area contributed by atoms with Crippen LogP contribution in [0.3, 0.4) is 0 Å². The molecule has 11 atom stereocenters. The SMILES string of the molecule is C=CNC(C(C)=O)[C@H]1OC(CO[Si](C)(C)C)[C@H](O[C@H]2OC(COC(C)=O)[C@@H](O[Si](C)(C)C)C(O[Si](C)(C)C)[C@@H]2O[Si](C)(C)C)C(O[Si](C)(C)C)C1O[Si](C)(C)C. The molecule has 1 N–H and O–H groups in total. The number of Topliss-reactive ketones (excluding diaryl/α,β-unsaturated/α-hetero) is 1. The number of ether oxygens (including phenoxy) is 4. The predicted octanol–water partition coefficient (Wildman–Crippen LogP) is 7.07. The summed E-state index contributed by atoms with van der Waals surface area (Å²) in [6, 6.07) is -0.770. The Morgan fingerprint density at radius 1 is 0.571 bits per heavy atom. The molecule has 0 aromatic rings. The highest BCUT2D eigenvalue weighted by molar-refractivity contribution is 6.71. The van der Waals surface area contributed by atoms with Crippen molar-refractivity contribution in [2.24, 2.45) is 0 Å². The number of nitrogens with one attached hydrogen (secondary N) is 1. The second kappa shape index (κ2) is 20.0. The van der Waals surface area contributed by atoms with Crippen molar-refractivity contribution in [3.63, 3.8) is 0 Å². The summed E-state index contributed by atoms with van der Waals surface area (Å²) in [6.07, 6.45) is -5.89. The highest BCUT2D eigenvalue weighted by Crippen LogP contribution is 2.39. The summed E-state index contributed by atoms with van der Waals surface area (Å²) in [4.78, 5) is 25.6. The molecule has 0 aromatic carbocycles. The van der Waals surface area contributed by atoms with Gasteiger partial charge in [-0.2, -0.15) is 0 Å². The molecule has 328 valence electrons. The second-order valence-corrected chi connectivity index (χ2v) is 47.8. The van der Waals surface area contributed by atoms with E-state index in [0.29, 0.717) is 0 Å². The average molecular weight is 899 g/mol. The van der Waals surface area contributed by atoms with Gasteiger partial charge in [0.05, 0.1) is 6.61 Å². The van der Waals surface area contributed by atoms with E-state index in [-0.39, 0.29) is 19.0 Å². The van der Waals surface area contributed by atoms with Crippen molar-refractivity contribution >= 4 is 61.7 Å². The standard InChI is InChI=1S/C37H79NO12Si6/c1-22-38-29(25(2)39)32-35(49-55(16,17)18)33(47-53(10,11)12)30(28(43-32)24-42-51(4,5)6)45-37-36(50-56(19,20)21)34(48-54(13,14)15)31(46-52(7,8)9)27(44-37)23-41-26(3)40/h22,27-38H,1,23-24H2,2-21H3/t27?,28?,29?,30-,31+,32+,33?,34?,35?,36-,37+/m0/s1. The molecule has 2 rings (SSSR count). The summed E-state index contributed by atoms with van der Waals surface area (Å²) in [5, 5.41) is 3.16. The first-order valence-electron chi connectivity index (χ1n) is 20.1. The largest absolute Gasteiger partial charge is 0.463 e. The number of hydrogen-bond donors (Lipinski definition) is 1. The zero-order valence-corrected chi connectivity index (χ0v) is 44.4. The van der Waals surface area contributed by atoms with Crippen molar-refractivity contribution in [1.29, 1.82) is 0 Å². The van der Waals surface area contributed by atoms with Gasteiger partial charge in [-0.25, -0.2) is 0 Å². The molecule has 0 aliphatic carbocycles. The number of carbonyl (C=O) groups excluding carboxylic acids is 2. The maximum atomic E-state index is 13.3. The molecule has 19 heteroatoms. The molecular formula is C37H79NO12Si6. The van der Waals surface area contributed by atoms with Gasteiger partial charge < -0.3 is 50.8 Å². The van der Waals surface area contributed by atoms with E-state index in [0.717, 1.165) is 0 Å². The monoisotopic (exact) mass is 897 g/mol. The molecule has 0 amide bonds. The normalized spacial score (nSPS) is 30.4. The fraction of sp³-hybridized carbons (Fsp3) is 0.892. The highest BCUT2D eigenvalue weighted by Gasteiger charge is 2.58. The smallest absolute Gasteiger partial charge is 0.302 e. The minimum Gasteiger partial charge on any atom is -0.463 e. The maximum Gasteiger partial charge on any atom is 0.302 e. The summed E-state index contributed by atoms with van der Waals surface area (Å²) in [7, 11) is -13.6. The number of rotatable bonds is 21. The van der Waals surface area contributed by atoms with Gasteiger partial charge in [-0.3, -0.25) is 9.59 Å². The van der Waals surface area contributed by atoms with Gasteiger partial charge in [0.1, 0.15) is 67.6 Å². The van der Waals surface area contributed by atoms with Gasteiger partial charge in [-0.05, 0) is 131 Å². The molecule has 56 heavy (non-hydrogen) atoms. The Morgan fingerprint density at radius 3 is 1.39 bits per heavy atom. The van der Waals surface area contributed by atoms with Crippen LogP contribution in [0.5, 0.6) is 0 Å². The van der Waals surface area contributed by atoms with Crippen LogP contribution in [-0.4, -0.2) is 142 Å². The first-order valence-corrected chi connectivity index (χ1v) is 40.5. The lowest BCUT2D eigenvalue weighted by Gasteiger charge is -2.54. The second-order valence-electron chi connectivity index (χ2n) is 20.9. The molecule has 0 aromatic heterocycles. The molecule has 6 unspecified atom stereocenters. The minimum atomic E-state index is -2.36. The van der Waals surface area contributed by atoms with E-state index in [9.17, 15) is 9.59 Å². The van der Waals surface area contributed by atoms with Crippen LogP contribution in [-0.2, 0) is 55.1 Å². The first kappa shape index (κ1) is 51.8. The Labute approximate surface area is 345 Å². The van der Waals surface area contributed by atoms with Gasteiger partial charge >= 0.3 is 5.97 Å². The van der Waals surface area contributed by atoms with Crippen LogP contribution >= 0.6 is 0 Å². The van der Waals surface area contributed by atoms with Crippen LogP contribution in [0, 0.1) is 0 Å². The Hall–Kier alpha value is -0.379. The molecule has 2 aliphatic rings. The predicted molar refractivity (Wildman–Crippen MR) is 237 cm³/mol. The molecule has 0 saturated carbocycles. The topological polar surface area (TPSA) is 138 Å². The van der Waals surface area contributed by atoms with Crippen molar-refractivity contribution in [1.82, 2.24) is 5.32 Å². The summed E-state index contributed by atoms with van der Waals surface area (Å²) >= 11 is 0. The molecule has 2 aliphatic heterocycles.